The van der Waals surface area contributed by atoms with Gasteiger partial charge in [0, 0.05) is 23.0 Å². The minimum Gasteiger partial charge on any atom is -0.492 e. The summed E-state index contributed by atoms with van der Waals surface area (Å²) in [5, 5.41) is 7.87. The van der Waals surface area contributed by atoms with E-state index in [1.165, 1.54) is 11.8 Å². The van der Waals surface area contributed by atoms with Gasteiger partial charge in [0.2, 0.25) is 0 Å². The Hall–Kier alpha value is -2.15. The van der Waals surface area contributed by atoms with Crippen molar-refractivity contribution in [2.24, 2.45) is 0 Å². The Balaban J connectivity index is 0.000000945. The number of hydrogen-bond acceptors (Lipinski definition) is 6. The third-order valence-electron chi connectivity index (χ3n) is 5.25. The molecule has 0 saturated carbocycles. The molecule has 1 N–H and O–H groups in total. The van der Waals surface area contributed by atoms with Gasteiger partial charge in [-0.25, -0.2) is 0 Å². The highest BCUT2D eigenvalue weighted by molar-refractivity contribution is 7.81. The van der Waals surface area contributed by atoms with E-state index >= 15 is 0 Å². The van der Waals surface area contributed by atoms with Gasteiger partial charge in [0.25, 0.3) is 0 Å². The number of anilines is 2. The first kappa shape index (κ1) is 28.1. The summed E-state index contributed by atoms with van der Waals surface area (Å²) in [7, 11) is -0.861. The van der Waals surface area contributed by atoms with Crippen LogP contribution in [0.15, 0.2) is 47.0 Å². The fourth-order valence-corrected chi connectivity index (χ4v) is 3.78. The van der Waals surface area contributed by atoms with Crippen molar-refractivity contribution < 1.29 is 13.5 Å². The van der Waals surface area contributed by atoms with Crippen LogP contribution in [0.4, 0.5) is 11.5 Å². The molecule has 186 valence electrons. The number of nitrogens with one attached hydrogen (secondary N) is 1. The zero-order chi connectivity index (χ0) is 25.3. The molecule has 0 spiro atoms. The molecular weight excluding hydrogens is 491 g/mol. The van der Waals surface area contributed by atoms with Crippen LogP contribution in [0.3, 0.4) is 0 Å². The van der Waals surface area contributed by atoms with E-state index in [0.717, 1.165) is 41.2 Å². The normalized spacial score (nSPS) is 11.2. The predicted octanol–water partition coefficient (Wildman–Crippen LogP) is 7.29. The van der Waals surface area contributed by atoms with Crippen molar-refractivity contribution in [3.63, 3.8) is 0 Å². The summed E-state index contributed by atoms with van der Waals surface area (Å²) in [6.45, 7) is 8.96. The molecule has 0 aliphatic carbocycles. The van der Waals surface area contributed by atoms with Crippen LogP contribution in [0.2, 0.25) is 5.02 Å². The van der Waals surface area contributed by atoms with E-state index < -0.39 is 10.4 Å². The first-order valence-electron chi connectivity index (χ1n) is 11.0. The second-order valence-electron chi connectivity index (χ2n) is 8.41. The fraction of sp³-hybridized carbons (Fsp3) is 0.385. The van der Waals surface area contributed by atoms with Gasteiger partial charge < -0.3 is 18.8 Å². The number of nitrogens with zero attached hydrogens (tertiary/aromatic N) is 1. The van der Waals surface area contributed by atoms with Gasteiger partial charge in [-0.05, 0) is 54.7 Å². The van der Waals surface area contributed by atoms with Gasteiger partial charge in [-0.1, -0.05) is 55.7 Å². The molecule has 2 aromatic carbocycles. The highest BCUT2D eigenvalue weighted by Gasteiger charge is 2.25. The second kappa shape index (κ2) is 13.1. The lowest BCUT2D eigenvalue weighted by atomic mass is 9.77. The van der Waals surface area contributed by atoms with Gasteiger partial charge in [0.1, 0.15) is 11.5 Å². The molecule has 0 amide bonds. The summed E-state index contributed by atoms with van der Waals surface area (Å²) in [5.74, 6) is 5.93. The van der Waals surface area contributed by atoms with E-state index in [-0.39, 0.29) is 5.41 Å². The lowest BCUT2D eigenvalue weighted by Gasteiger charge is -2.28. The Morgan fingerprint density at radius 1 is 1.18 bits per heavy atom. The van der Waals surface area contributed by atoms with Gasteiger partial charge in [-0.2, -0.15) is 5.87 Å². The molecule has 0 atom stereocenters. The van der Waals surface area contributed by atoms with Crippen molar-refractivity contribution in [3.8, 4) is 5.75 Å². The molecule has 1 heterocycles. The van der Waals surface area contributed by atoms with Crippen LogP contribution >= 0.6 is 23.2 Å². The zero-order valence-corrected chi connectivity index (χ0v) is 22.7. The summed E-state index contributed by atoms with van der Waals surface area (Å²) < 4.78 is 20.5. The number of ether oxygens (including phenoxy) is 1. The molecule has 0 unspecified atom stereocenters. The molecule has 0 bridgehead atoms. The molecule has 1 aromatic heterocycles. The summed E-state index contributed by atoms with van der Waals surface area (Å²) in [4.78, 5) is 0. The van der Waals surface area contributed by atoms with E-state index in [0.29, 0.717) is 23.3 Å². The third kappa shape index (κ3) is 7.97. The van der Waals surface area contributed by atoms with E-state index in [1.54, 1.807) is 0 Å². The smallest absolute Gasteiger partial charge is 0.174 e. The molecule has 0 saturated heterocycles. The second-order valence-corrected chi connectivity index (χ2v) is 10.3. The van der Waals surface area contributed by atoms with Crippen molar-refractivity contribution in [3.05, 3.63) is 69.9 Å². The molecule has 0 fully saturated rings. The average Bonchev–Trinajstić information content (AvgIpc) is 3.19. The molecular formula is C26H33Cl2N2O3S-. The Morgan fingerprint density at radius 3 is 2.35 bits per heavy atom. The Kier molecular flexibility index (Phi) is 10.8. The molecule has 3 aromatic rings. The van der Waals surface area contributed by atoms with Crippen LogP contribution in [0, 0.1) is 6.92 Å². The number of alkyl halides is 1. The van der Waals surface area contributed by atoms with E-state index in [4.69, 9.17) is 32.5 Å². The van der Waals surface area contributed by atoms with Crippen LogP contribution in [0.25, 0.3) is 0 Å². The monoisotopic (exact) mass is 523 g/mol. The Bertz CT molecular complexity index is 1130. The fourth-order valence-electron chi connectivity index (χ4n) is 3.37. The number of rotatable bonds is 9. The third-order valence-corrected chi connectivity index (χ3v) is 5.80. The van der Waals surface area contributed by atoms with Gasteiger partial charge in [0.05, 0.1) is 11.6 Å². The van der Waals surface area contributed by atoms with Crippen molar-refractivity contribution in [2.75, 3.05) is 24.1 Å². The molecule has 3 rings (SSSR count). The Morgan fingerprint density at radius 2 is 1.82 bits per heavy atom. The van der Waals surface area contributed by atoms with Gasteiger partial charge in [-0.3, -0.25) is 10.4 Å². The van der Waals surface area contributed by atoms with Crippen molar-refractivity contribution in [1.82, 2.24) is 5.16 Å². The highest BCUT2D eigenvalue weighted by Crippen LogP contribution is 2.39. The van der Waals surface area contributed by atoms with Crippen LogP contribution in [-0.2, 0) is 26.4 Å². The summed E-state index contributed by atoms with van der Waals surface area (Å²) in [6, 6.07) is 14.4. The molecule has 5 nitrogen and oxygen atoms in total. The largest absolute Gasteiger partial charge is 0.492 e. The zero-order valence-electron chi connectivity index (χ0n) is 20.4. The van der Waals surface area contributed by atoms with E-state index in [9.17, 15) is 4.21 Å². The van der Waals surface area contributed by atoms with Crippen LogP contribution in [0.5, 0.6) is 5.75 Å². The van der Waals surface area contributed by atoms with Gasteiger partial charge >= 0.3 is 0 Å². The van der Waals surface area contributed by atoms with Crippen molar-refractivity contribution >= 4 is 51.0 Å². The topological polar surface area (TPSA) is 64.4 Å². The Labute approximate surface area is 214 Å². The first-order valence-corrected chi connectivity index (χ1v) is 13.7. The molecule has 0 aliphatic heterocycles. The first-order chi connectivity index (χ1) is 16.1. The molecule has 0 radical (unpaired) electrons. The number of aryl methyl sites for hydroxylation is 2. The maximum atomic E-state index is 9.44. The summed E-state index contributed by atoms with van der Waals surface area (Å²) >= 11 is 12.4. The lowest BCUT2D eigenvalue weighted by Crippen LogP contribution is -2.19. The minimum absolute atomic E-state index is 0.217. The summed E-state index contributed by atoms with van der Waals surface area (Å²) in [5.41, 5.74) is 4.20. The quantitative estimate of drug-likeness (QED) is 0.138. The maximum absolute atomic E-state index is 9.44. The number of halogens is 2. The SMILES string of the molecule is C=[S-](C)=O.CCc1cc(C(C)(C)c2ccc(Nc3cc(C)on3)cc2)cc(Cl)c1OCCCCl. The van der Waals surface area contributed by atoms with Crippen LogP contribution in [-0.4, -0.2) is 29.8 Å². The highest BCUT2D eigenvalue weighted by atomic mass is 35.5. The molecule has 34 heavy (non-hydrogen) atoms. The van der Waals surface area contributed by atoms with Crippen molar-refractivity contribution in [1.29, 1.82) is 0 Å². The van der Waals surface area contributed by atoms with E-state index in [2.05, 4.69) is 55.3 Å². The average molecular weight is 525 g/mol. The molecule has 0 aliphatic rings. The van der Waals surface area contributed by atoms with Crippen molar-refractivity contribution in [2.45, 2.75) is 46.0 Å². The maximum Gasteiger partial charge on any atom is 0.174 e. The molecule has 8 heteroatoms. The van der Waals surface area contributed by atoms with Gasteiger partial charge in [-0.15, -0.1) is 17.9 Å². The van der Waals surface area contributed by atoms with Crippen LogP contribution < -0.4 is 10.1 Å². The number of hydrogen-bond donors (Lipinski definition) is 1. The summed E-state index contributed by atoms with van der Waals surface area (Å²) in [6.07, 6.45) is 3.17. The minimum atomic E-state index is -0.861. The number of benzene rings is 2. The van der Waals surface area contributed by atoms with Gasteiger partial charge in [0.15, 0.2) is 5.82 Å². The predicted molar refractivity (Wildman–Crippen MR) is 146 cm³/mol. The standard InChI is InChI=1S/C24H28Cl2N2O2.C2H5OS/c1-5-17-14-19(15-21(26)23(17)29-12-6-11-25)24(3,4)18-7-9-20(10-8-18)27-22-13-16(2)30-28-22;1-4(2)3/h7-10,13-15H,5-6,11-12H2,1-4H3,(H,27,28);1H2,2H3/q;-1. The lowest BCUT2D eigenvalue weighted by molar-refractivity contribution is 0.315. The number of aromatic nitrogens is 1. The van der Waals surface area contributed by atoms with E-state index in [1.807, 2.05) is 31.2 Å². The van der Waals surface area contributed by atoms with Crippen LogP contribution in [0.1, 0.15) is 49.6 Å².